The van der Waals surface area contributed by atoms with Gasteiger partial charge in [0.15, 0.2) is 0 Å². The molecule has 1 heterocycles. The van der Waals surface area contributed by atoms with Crippen molar-refractivity contribution >= 4 is 23.2 Å². The summed E-state index contributed by atoms with van der Waals surface area (Å²) in [5.41, 5.74) is 4.39. The number of hydrogen-bond acceptors (Lipinski definition) is 3. The van der Waals surface area contributed by atoms with Crippen LogP contribution in [-0.2, 0) is 12.3 Å². The smallest absolute Gasteiger partial charge is 0.237 e. The van der Waals surface area contributed by atoms with E-state index in [-0.39, 0.29) is 5.88 Å². The molecule has 0 atom stereocenters. The van der Waals surface area contributed by atoms with Crippen LogP contribution >= 0.6 is 11.6 Å². The summed E-state index contributed by atoms with van der Waals surface area (Å²) >= 11 is 5.97. The minimum atomic E-state index is -0.477. The number of carbonyl (C=O) groups is 2. The standard InChI is InChI=1S/C18H17ClO3/c1-4-5-11-14(8-19)22-18-13-7-10(3)9(2)6-12(13)16(20)17(21)15(11)18/h6-7H,4-5,8H2,1-3H3. The number of benzene rings is 1. The molecule has 22 heavy (non-hydrogen) atoms. The summed E-state index contributed by atoms with van der Waals surface area (Å²) in [5.74, 6) is 0.367. The number of Topliss-reactive ketones (excluding diaryl/α,β-unsaturated/α-hetero) is 2. The maximum atomic E-state index is 12.5. The lowest BCUT2D eigenvalue weighted by Gasteiger charge is -2.16. The number of hydrogen-bond donors (Lipinski definition) is 0. The molecule has 114 valence electrons. The topological polar surface area (TPSA) is 47.3 Å². The zero-order valence-electron chi connectivity index (χ0n) is 12.9. The average Bonchev–Trinajstić information content (AvgIpc) is 2.86. The van der Waals surface area contributed by atoms with Gasteiger partial charge in [-0.3, -0.25) is 9.59 Å². The van der Waals surface area contributed by atoms with Gasteiger partial charge >= 0.3 is 0 Å². The van der Waals surface area contributed by atoms with Gasteiger partial charge in [0.25, 0.3) is 0 Å². The predicted molar refractivity (Wildman–Crippen MR) is 85.8 cm³/mol. The number of carbonyl (C=O) groups excluding carboxylic acids is 2. The van der Waals surface area contributed by atoms with Crippen LogP contribution in [0.2, 0.25) is 0 Å². The lowest BCUT2D eigenvalue weighted by atomic mass is 9.84. The molecule has 0 bridgehead atoms. The lowest BCUT2D eigenvalue weighted by molar-refractivity contribution is 0.0814. The first-order valence-corrected chi connectivity index (χ1v) is 7.94. The Kier molecular flexibility index (Phi) is 3.69. The summed E-state index contributed by atoms with van der Waals surface area (Å²) < 4.78 is 5.87. The number of furan rings is 1. The second-order valence-corrected chi connectivity index (χ2v) is 6.00. The van der Waals surface area contributed by atoms with Gasteiger partial charge in [-0.25, -0.2) is 0 Å². The van der Waals surface area contributed by atoms with E-state index in [9.17, 15) is 9.59 Å². The molecule has 1 aromatic carbocycles. The third kappa shape index (κ3) is 2.03. The Bertz CT molecular complexity index is 799. The Balaban J connectivity index is 2.35. The molecule has 3 nitrogen and oxygen atoms in total. The van der Waals surface area contributed by atoms with Crippen LogP contribution in [0, 0.1) is 13.8 Å². The molecular formula is C18H17ClO3. The maximum Gasteiger partial charge on any atom is 0.237 e. The quantitative estimate of drug-likeness (QED) is 0.612. The minimum Gasteiger partial charge on any atom is -0.459 e. The highest BCUT2D eigenvalue weighted by Crippen LogP contribution is 2.40. The third-order valence-corrected chi connectivity index (χ3v) is 4.51. The number of halogens is 1. The summed E-state index contributed by atoms with van der Waals surface area (Å²) in [5, 5.41) is 0. The van der Waals surface area contributed by atoms with E-state index in [1.807, 2.05) is 26.8 Å². The van der Waals surface area contributed by atoms with E-state index >= 15 is 0 Å². The fourth-order valence-corrected chi connectivity index (χ4v) is 3.21. The van der Waals surface area contributed by atoms with Gasteiger partial charge in [0.1, 0.15) is 11.5 Å². The van der Waals surface area contributed by atoms with Crippen molar-refractivity contribution in [2.24, 2.45) is 0 Å². The molecular weight excluding hydrogens is 300 g/mol. The molecule has 0 amide bonds. The van der Waals surface area contributed by atoms with Crippen LogP contribution < -0.4 is 0 Å². The monoisotopic (exact) mass is 316 g/mol. The van der Waals surface area contributed by atoms with Gasteiger partial charge in [-0.2, -0.15) is 0 Å². The van der Waals surface area contributed by atoms with Crippen molar-refractivity contribution in [2.75, 3.05) is 0 Å². The molecule has 0 N–H and O–H groups in total. The number of rotatable bonds is 3. The van der Waals surface area contributed by atoms with Crippen molar-refractivity contribution in [2.45, 2.75) is 39.5 Å². The van der Waals surface area contributed by atoms with E-state index in [2.05, 4.69) is 0 Å². The molecule has 1 aromatic heterocycles. The lowest BCUT2D eigenvalue weighted by Crippen LogP contribution is -2.21. The van der Waals surface area contributed by atoms with Crippen LogP contribution in [0.4, 0.5) is 0 Å². The van der Waals surface area contributed by atoms with Gasteiger partial charge in [-0.15, -0.1) is 11.6 Å². The van der Waals surface area contributed by atoms with E-state index in [1.165, 1.54) is 0 Å². The molecule has 1 aliphatic rings. The van der Waals surface area contributed by atoms with Crippen molar-refractivity contribution in [3.05, 3.63) is 45.7 Å². The molecule has 0 spiro atoms. The van der Waals surface area contributed by atoms with Crippen molar-refractivity contribution in [1.29, 1.82) is 0 Å². The van der Waals surface area contributed by atoms with Crippen molar-refractivity contribution < 1.29 is 14.0 Å². The van der Waals surface area contributed by atoms with Gasteiger partial charge in [-0.05, 0) is 43.5 Å². The van der Waals surface area contributed by atoms with Gasteiger partial charge in [0.05, 0.1) is 11.4 Å². The van der Waals surface area contributed by atoms with Crippen molar-refractivity contribution in [1.82, 2.24) is 0 Å². The SMILES string of the molecule is CCCc1c(CCl)oc2c1C(=O)C(=O)c1cc(C)c(C)cc1-2. The fraction of sp³-hybridized carbons (Fsp3) is 0.333. The summed E-state index contributed by atoms with van der Waals surface area (Å²) in [6, 6.07) is 3.70. The van der Waals surface area contributed by atoms with Crippen LogP contribution in [-0.4, -0.2) is 11.6 Å². The third-order valence-electron chi connectivity index (χ3n) is 4.27. The van der Waals surface area contributed by atoms with Crippen LogP contribution in [0.15, 0.2) is 16.5 Å². The number of ketones is 2. The van der Waals surface area contributed by atoms with Crippen LogP contribution in [0.1, 0.15) is 56.5 Å². The first-order chi connectivity index (χ1) is 10.5. The predicted octanol–water partition coefficient (Wildman–Crippen LogP) is 4.63. The summed E-state index contributed by atoms with van der Waals surface area (Å²) in [7, 11) is 0. The van der Waals surface area contributed by atoms with E-state index in [0.717, 1.165) is 23.1 Å². The van der Waals surface area contributed by atoms with Gasteiger partial charge in [-0.1, -0.05) is 13.3 Å². The van der Waals surface area contributed by atoms with Gasteiger partial charge < -0.3 is 4.42 Å². The maximum absolute atomic E-state index is 12.5. The number of aryl methyl sites for hydroxylation is 2. The van der Waals surface area contributed by atoms with E-state index < -0.39 is 11.6 Å². The fourth-order valence-electron chi connectivity index (χ4n) is 2.99. The average molecular weight is 317 g/mol. The van der Waals surface area contributed by atoms with E-state index in [0.29, 0.717) is 34.6 Å². The van der Waals surface area contributed by atoms with Crippen molar-refractivity contribution in [3.63, 3.8) is 0 Å². The first-order valence-electron chi connectivity index (χ1n) is 7.40. The molecule has 0 fully saturated rings. The Morgan fingerprint density at radius 2 is 1.68 bits per heavy atom. The Labute approximate surface area is 134 Å². The Hall–Kier alpha value is -1.87. The van der Waals surface area contributed by atoms with Crippen LogP contribution in [0.25, 0.3) is 11.3 Å². The first kappa shape index (κ1) is 15.0. The van der Waals surface area contributed by atoms with E-state index in [1.54, 1.807) is 6.07 Å². The zero-order valence-corrected chi connectivity index (χ0v) is 13.6. The van der Waals surface area contributed by atoms with Crippen molar-refractivity contribution in [3.8, 4) is 11.3 Å². The highest BCUT2D eigenvalue weighted by Gasteiger charge is 2.37. The second kappa shape index (κ2) is 5.40. The normalized spacial score (nSPS) is 13.3. The molecule has 2 aromatic rings. The summed E-state index contributed by atoms with van der Waals surface area (Å²) in [6.07, 6.45) is 1.54. The van der Waals surface area contributed by atoms with Gasteiger partial charge in [0, 0.05) is 16.7 Å². The van der Waals surface area contributed by atoms with Crippen LogP contribution in [0.3, 0.4) is 0 Å². The van der Waals surface area contributed by atoms with Gasteiger partial charge in [0.2, 0.25) is 11.6 Å². The largest absolute Gasteiger partial charge is 0.459 e. The molecule has 3 rings (SSSR count). The molecule has 0 aliphatic heterocycles. The highest BCUT2D eigenvalue weighted by molar-refractivity contribution is 6.53. The summed E-state index contributed by atoms with van der Waals surface area (Å²) in [6.45, 7) is 5.93. The molecule has 1 aliphatic carbocycles. The zero-order chi connectivity index (χ0) is 16.0. The Morgan fingerprint density at radius 3 is 2.27 bits per heavy atom. The number of fused-ring (bicyclic) bond motifs is 3. The molecule has 0 saturated heterocycles. The minimum absolute atomic E-state index is 0.198. The summed E-state index contributed by atoms with van der Waals surface area (Å²) in [4.78, 5) is 25.0. The van der Waals surface area contributed by atoms with E-state index in [4.69, 9.17) is 16.0 Å². The number of alkyl halides is 1. The second-order valence-electron chi connectivity index (χ2n) is 5.73. The molecule has 0 saturated carbocycles. The molecule has 0 unspecified atom stereocenters. The Morgan fingerprint density at radius 1 is 1.05 bits per heavy atom. The molecule has 4 heteroatoms. The van der Waals surface area contributed by atoms with Crippen LogP contribution in [0.5, 0.6) is 0 Å². The molecule has 0 radical (unpaired) electrons. The highest BCUT2D eigenvalue weighted by atomic mass is 35.5.